The Bertz CT molecular complexity index is 1080. The van der Waals surface area contributed by atoms with E-state index >= 15 is 0 Å². The van der Waals surface area contributed by atoms with Crippen LogP contribution in [0.2, 0.25) is 0 Å². The lowest BCUT2D eigenvalue weighted by molar-refractivity contribution is -0.116. The van der Waals surface area contributed by atoms with E-state index in [0.29, 0.717) is 11.0 Å². The van der Waals surface area contributed by atoms with Gasteiger partial charge in [-0.1, -0.05) is 18.2 Å². The van der Waals surface area contributed by atoms with E-state index in [9.17, 15) is 9.59 Å². The van der Waals surface area contributed by atoms with Crippen LogP contribution in [0.5, 0.6) is 0 Å². The van der Waals surface area contributed by atoms with Gasteiger partial charge < -0.3 is 5.32 Å². The molecule has 1 N–H and O–H groups in total. The lowest BCUT2D eigenvalue weighted by atomic mass is 9.95. The third-order valence-corrected chi connectivity index (χ3v) is 5.15. The largest absolute Gasteiger partial charge is 0.324 e. The van der Waals surface area contributed by atoms with Crippen LogP contribution in [0.15, 0.2) is 35.4 Å². The number of hydrogen-bond acceptors (Lipinski definition) is 4. The second-order valence-corrected chi connectivity index (χ2v) is 7.17. The van der Waals surface area contributed by atoms with Crippen molar-refractivity contribution in [1.82, 2.24) is 14.5 Å². The van der Waals surface area contributed by atoms with E-state index in [1.165, 1.54) is 10.9 Å². The Hall–Kier alpha value is -3.02. The van der Waals surface area contributed by atoms with Crippen molar-refractivity contribution >= 4 is 22.6 Å². The van der Waals surface area contributed by atoms with Gasteiger partial charge in [-0.3, -0.25) is 14.2 Å². The Morgan fingerprint density at radius 2 is 1.93 bits per heavy atom. The van der Waals surface area contributed by atoms with Gasteiger partial charge in [-0.2, -0.15) is 0 Å². The Morgan fingerprint density at radius 3 is 2.70 bits per heavy atom. The number of nitrogens with one attached hydrogen (secondary N) is 1. The highest BCUT2D eigenvalue weighted by atomic mass is 16.2. The fraction of sp³-hybridized carbons (Fsp3) is 0.333. The molecular weight excluding hydrogens is 340 g/mol. The summed E-state index contributed by atoms with van der Waals surface area (Å²) in [6.45, 7) is 3.81. The van der Waals surface area contributed by atoms with Crippen LogP contribution in [0.3, 0.4) is 0 Å². The fourth-order valence-corrected chi connectivity index (χ4v) is 3.67. The van der Waals surface area contributed by atoms with Gasteiger partial charge in [0, 0.05) is 11.4 Å². The third kappa shape index (κ3) is 3.35. The average molecular weight is 362 g/mol. The summed E-state index contributed by atoms with van der Waals surface area (Å²) in [7, 11) is 0. The fourth-order valence-electron chi connectivity index (χ4n) is 3.67. The summed E-state index contributed by atoms with van der Waals surface area (Å²) in [5.74, 6) is -0.249. The lowest BCUT2D eigenvalue weighted by Gasteiger charge is -2.15. The Kier molecular flexibility index (Phi) is 4.48. The number of carbonyl (C=O) groups is 1. The number of aryl methyl sites for hydroxylation is 4. The van der Waals surface area contributed by atoms with Crippen LogP contribution in [-0.4, -0.2) is 20.4 Å². The normalized spacial score (nSPS) is 13.4. The molecule has 6 heteroatoms. The van der Waals surface area contributed by atoms with Gasteiger partial charge in [-0.05, 0) is 62.3 Å². The monoisotopic (exact) mass is 362 g/mol. The first-order valence-electron chi connectivity index (χ1n) is 9.27. The minimum absolute atomic E-state index is 0.0768. The first-order valence-corrected chi connectivity index (χ1v) is 9.27. The van der Waals surface area contributed by atoms with E-state index in [0.717, 1.165) is 53.8 Å². The molecule has 1 aromatic carbocycles. The Morgan fingerprint density at radius 1 is 1.19 bits per heavy atom. The molecule has 1 amide bonds. The molecule has 138 valence electrons. The number of rotatable bonds is 3. The summed E-state index contributed by atoms with van der Waals surface area (Å²) in [6, 6.07) is 7.75. The number of anilines is 1. The summed E-state index contributed by atoms with van der Waals surface area (Å²) >= 11 is 0. The van der Waals surface area contributed by atoms with E-state index in [1.807, 2.05) is 38.1 Å². The molecule has 1 aliphatic rings. The summed E-state index contributed by atoms with van der Waals surface area (Å²) in [5, 5.41) is 3.39. The number of nitrogens with zero attached hydrogens (tertiary/aromatic N) is 3. The number of hydrogen-bond donors (Lipinski definition) is 1. The summed E-state index contributed by atoms with van der Waals surface area (Å²) in [6.07, 6.45) is 5.54. The maximum Gasteiger partial charge on any atom is 0.263 e. The zero-order valence-corrected chi connectivity index (χ0v) is 15.6. The number of carbonyl (C=O) groups excluding carboxylic acids is 1. The zero-order valence-electron chi connectivity index (χ0n) is 15.6. The van der Waals surface area contributed by atoms with Crippen molar-refractivity contribution in [2.24, 2.45) is 0 Å². The van der Waals surface area contributed by atoms with Crippen molar-refractivity contribution in [2.75, 3.05) is 5.32 Å². The van der Waals surface area contributed by atoms with E-state index < -0.39 is 0 Å². The molecule has 0 spiro atoms. The minimum atomic E-state index is -0.249. The molecule has 3 aromatic rings. The molecule has 27 heavy (non-hydrogen) atoms. The summed E-state index contributed by atoms with van der Waals surface area (Å²) in [5.41, 5.74) is 5.19. The van der Waals surface area contributed by atoms with Gasteiger partial charge in [0.05, 0.1) is 5.39 Å². The first kappa shape index (κ1) is 17.4. The molecule has 2 heterocycles. The molecule has 0 saturated carbocycles. The quantitative estimate of drug-likeness (QED) is 0.777. The van der Waals surface area contributed by atoms with Crippen molar-refractivity contribution in [2.45, 2.75) is 46.1 Å². The standard InChI is InChI=1S/C21H22N4O2/c1-13-6-5-7-14(2)19(13)24-18(26)11-25-12-22-20-16(21(25)27)10-15-8-3-4-9-17(15)23-20/h5-7,10,12H,3-4,8-9,11H2,1-2H3,(H,24,26). The number of aromatic nitrogens is 3. The molecule has 0 saturated heterocycles. The number of pyridine rings is 1. The number of fused-ring (bicyclic) bond motifs is 2. The van der Waals surface area contributed by atoms with Crippen LogP contribution in [0.25, 0.3) is 11.0 Å². The second-order valence-electron chi connectivity index (χ2n) is 7.17. The van der Waals surface area contributed by atoms with E-state index in [-0.39, 0.29) is 18.0 Å². The van der Waals surface area contributed by atoms with Crippen molar-refractivity contribution in [3.8, 4) is 0 Å². The molecule has 0 bridgehead atoms. The Labute approximate surface area is 157 Å². The highest BCUT2D eigenvalue weighted by Gasteiger charge is 2.16. The molecule has 0 unspecified atom stereocenters. The topological polar surface area (TPSA) is 76.9 Å². The highest BCUT2D eigenvalue weighted by Crippen LogP contribution is 2.22. The molecule has 1 aliphatic carbocycles. The van der Waals surface area contributed by atoms with E-state index in [2.05, 4.69) is 15.3 Å². The van der Waals surface area contributed by atoms with Crippen LogP contribution >= 0.6 is 0 Å². The molecule has 0 radical (unpaired) electrons. The van der Waals surface area contributed by atoms with Crippen molar-refractivity contribution in [1.29, 1.82) is 0 Å². The van der Waals surface area contributed by atoms with Gasteiger partial charge >= 0.3 is 0 Å². The lowest BCUT2D eigenvalue weighted by Crippen LogP contribution is -2.28. The number of para-hydroxylation sites is 1. The van der Waals surface area contributed by atoms with Crippen molar-refractivity contribution in [3.63, 3.8) is 0 Å². The van der Waals surface area contributed by atoms with Crippen molar-refractivity contribution < 1.29 is 4.79 Å². The van der Waals surface area contributed by atoms with Gasteiger partial charge in [-0.15, -0.1) is 0 Å². The van der Waals surface area contributed by atoms with Crippen molar-refractivity contribution in [3.05, 3.63) is 63.3 Å². The maximum atomic E-state index is 12.8. The number of amides is 1. The zero-order chi connectivity index (χ0) is 19.0. The number of benzene rings is 1. The van der Waals surface area contributed by atoms with E-state index in [4.69, 9.17) is 0 Å². The van der Waals surface area contributed by atoms with Crippen LogP contribution in [0, 0.1) is 13.8 Å². The minimum Gasteiger partial charge on any atom is -0.324 e. The van der Waals surface area contributed by atoms with Crippen LogP contribution < -0.4 is 10.9 Å². The van der Waals surface area contributed by atoms with Crippen LogP contribution in [-0.2, 0) is 24.2 Å². The van der Waals surface area contributed by atoms with Gasteiger partial charge in [0.2, 0.25) is 5.91 Å². The van der Waals surface area contributed by atoms with Gasteiger partial charge in [0.25, 0.3) is 5.56 Å². The van der Waals surface area contributed by atoms with Gasteiger partial charge in [0.15, 0.2) is 5.65 Å². The Balaban J connectivity index is 1.63. The highest BCUT2D eigenvalue weighted by molar-refractivity contribution is 5.92. The molecule has 6 nitrogen and oxygen atoms in total. The van der Waals surface area contributed by atoms with Gasteiger partial charge in [-0.25, -0.2) is 9.97 Å². The first-order chi connectivity index (χ1) is 13.0. The predicted molar refractivity (Wildman–Crippen MR) is 105 cm³/mol. The van der Waals surface area contributed by atoms with Crippen LogP contribution in [0.4, 0.5) is 5.69 Å². The molecule has 0 atom stereocenters. The predicted octanol–water partition coefficient (Wildman–Crippen LogP) is 2.93. The molecule has 2 aromatic heterocycles. The third-order valence-electron chi connectivity index (χ3n) is 5.15. The smallest absolute Gasteiger partial charge is 0.263 e. The maximum absolute atomic E-state index is 12.8. The van der Waals surface area contributed by atoms with Gasteiger partial charge in [0.1, 0.15) is 12.9 Å². The SMILES string of the molecule is Cc1cccc(C)c1NC(=O)Cn1cnc2nc3c(cc2c1=O)CCCC3. The molecule has 0 fully saturated rings. The summed E-state index contributed by atoms with van der Waals surface area (Å²) in [4.78, 5) is 34.2. The average Bonchev–Trinajstić information content (AvgIpc) is 2.66. The van der Waals surface area contributed by atoms with E-state index in [1.54, 1.807) is 0 Å². The second kappa shape index (κ2) is 6.95. The van der Waals surface area contributed by atoms with Crippen LogP contribution in [0.1, 0.15) is 35.2 Å². The molecular formula is C21H22N4O2. The molecule has 0 aliphatic heterocycles. The summed E-state index contributed by atoms with van der Waals surface area (Å²) < 4.78 is 1.35. The molecule has 4 rings (SSSR count).